The van der Waals surface area contributed by atoms with Gasteiger partial charge in [0.1, 0.15) is 10.4 Å². The molecule has 2 rings (SSSR count). The van der Waals surface area contributed by atoms with E-state index in [4.69, 9.17) is 0 Å². The Kier molecular flexibility index (Phi) is 2.67. The third-order valence-corrected chi connectivity index (χ3v) is 3.45. The highest BCUT2D eigenvalue weighted by molar-refractivity contribution is 9.10. The number of hydrogen-bond donors (Lipinski definition) is 0. The molecule has 0 saturated heterocycles. The predicted molar refractivity (Wildman–Crippen MR) is 65.0 cm³/mol. The first kappa shape index (κ1) is 11.1. The minimum Gasteiger partial charge on any atom is -0.328 e. The number of hydrogen-bond acceptors (Lipinski definition) is 2. The number of aromatic nitrogens is 2. The molecule has 1 aromatic rings. The molecule has 0 unspecified atom stereocenters. The molecule has 15 heavy (non-hydrogen) atoms. The van der Waals surface area contributed by atoms with Gasteiger partial charge in [0.2, 0.25) is 0 Å². The molecule has 1 aliphatic rings. The molecule has 1 aromatic heterocycles. The number of imidazole rings is 1. The molecule has 0 spiro atoms. The molecule has 0 amide bonds. The van der Waals surface area contributed by atoms with Crippen molar-refractivity contribution in [3.8, 4) is 0 Å². The quantitative estimate of drug-likeness (QED) is 0.723. The normalized spacial score (nSPS) is 17.9. The highest BCUT2D eigenvalue weighted by Crippen LogP contribution is 2.29. The van der Waals surface area contributed by atoms with Crippen molar-refractivity contribution in [2.45, 2.75) is 39.3 Å². The first-order valence-electron chi connectivity index (χ1n) is 5.33. The fraction of sp³-hybridized carbons (Fsp3) is 0.727. The Bertz CT molecular complexity index is 376. The summed E-state index contributed by atoms with van der Waals surface area (Å²) < 4.78 is 3.38. The van der Waals surface area contributed by atoms with E-state index in [1.165, 1.54) is 11.5 Å². The summed E-state index contributed by atoms with van der Waals surface area (Å²) in [6.45, 7) is 9.80. The molecular formula is C11H18BrN3. The molecule has 0 atom stereocenters. The summed E-state index contributed by atoms with van der Waals surface area (Å²) >= 11 is 3.56. The van der Waals surface area contributed by atoms with Crippen LogP contribution in [0.5, 0.6) is 0 Å². The summed E-state index contributed by atoms with van der Waals surface area (Å²) in [4.78, 5) is 6.98. The van der Waals surface area contributed by atoms with Crippen LogP contribution in [0.15, 0.2) is 4.60 Å². The molecule has 0 N–H and O–H groups in total. The minimum absolute atomic E-state index is 0.122. The number of fused-ring (bicyclic) bond motifs is 1. The van der Waals surface area contributed by atoms with Gasteiger partial charge in [-0.25, -0.2) is 4.98 Å². The van der Waals surface area contributed by atoms with Gasteiger partial charge in [-0.1, -0.05) is 20.8 Å². The Hall–Kier alpha value is -0.350. The van der Waals surface area contributed by atoms with Crippen LogP contribution < -0.4 is 0 Å². The highest BCUT2D eigenvalue weighted by atomic mass is 79.9. The highest BCUT2D eigenvalue weighted by Gasteiger charge is 2.27. The van der Waals surface area contributed by atoms with E-state index in [2.05, 4.69) is 58.2 Å². The van der Waals surface area contributed by atoms with Crippen LogP contribution in [-0.2, 0) is 18.5 Å². The van der Waals surface area contributed by atoms with Crippen LogP contribution in [0.4, 0.5) is 0 Å². The lowest BCUT2D eigenvalue weighted by molar-refractivity contribution is 0.262. The summed E-state index contributed by atoms with van der Waals surface area (Å²) in [5.41, 5.74) is 1.44. The molecule has 2 heterocycles. The molecule has 4 heteroatoms. The van der Waals surface area contributed by atoms with Crippen LogP contribution in [0.2, 0.25) is 0 Å². The van der Waals surface area contributed by atoms with E-state index >= 15 is 0 Å². The molecule has 0 bridgehead atoms. The second-order valence-corrected chi connectivity index (χ2v) is 6.06. The van der Waals surface area contributed by atoms with Crippen LogP contribution in [0, 0.1) is 0 Å². The number of rotatable bonds is 0. The Balaban J connectivity index is 2.48. The Morgan fingerprint density at radius 2 is 1.93 bits per heavy atom. The lowest BCUT2D eigenvalue weighted by atomic mass is 9.95. The van der Waals surface area contributed by atoms with Crippen LogP contribution in [-0.4, -0.2) is 28.0 Å². The Labute approximate surface area is 99.6 Å². The second-order valence-electron chi connectivity index (χ2n) is 5.31. The summed E-state index contributed by atoms with van der Waals surface area (Å²) in [6, 6.07) is 0. The maximum Gasteiger partial charge on any atom is 0.129 e. The summed E-state index contributed by atoms with van der Waals surface area (Å²) in [5, 5.41) is 0. The molecule has 0 fully saturated rings. The first-order valence-corrected chi connectivity index (χ1v) is 6.13. The smallest absolute Gasteiger partial charge is 0.129 e. The minimum atomic E-state index is 0.122. The lowest BCUT2D eigenvalue weighted by Crippen LogP contribution is -2.32. The standard InChI is InChI=1S/C11H18BrN3/c1-11(2,3)10-13-9(12)8-7-14(4)5-6-15(8)10/h5-7H2,1-4H3. The largest absolute Gasteiger partial charge is 0.328 e. The topological polar surface area (TPSA) is 21.1 Å². The van der Waals surface area contributed by atoms with Crippen molar-refractivity contribution in [3.05, 3.63) is 16.1 Å². The van der Waals surface area contributed by atoms with E-state index in [1.54, 1.807) is 0 Å². The van der Waals surface area contributed by atoms with Crippen molar-refractivity contribution in [1.82, 2.24) is 14.5 Å². The number of likely N-dealkylation sites (N-methyl/N-ethyl adjacent to an activating group) is 1. The van der Waals surface area contributed by atoms with Gasteiger partial charge >= 0.3 is 0 Å². The van der Waals surface area contributed by atoms with Gasteiger partial charge in [-0.05, 0) is 23.0 Å². The maximum atomic E-state index is 4.65. The van der Waals surface area contributed by atoms with E-state index in [0.717, 1.165) is 24.2 Å². The SMILES string of the molecule is CN1CCn2c(C(C)(C)C)nc(Br)c2C1. The average molecular weight is 272 g/mol. The van der Waals surface area contributed by atoms with Crippen molar-refractivity contribution < 1.29 is 0 Å². The van der Waals surface area contributed by atoms with Gasteiger partial charge in [0.25, 0.3) is 0 Å². The molecular weight excluding hydrogens is 254 g/mol. The average Bonchev–Trinajstić information content (AvgIpc) is 2.43. The van der Waals surface area contributed by atoms with Gasteiger partial charge in [0, 0.05) is 25.0 Å². The zero-order chi connectivity index (χ0) is 11.2. The molecule has 3 nitrogen and oxygen atoms in total. The summed E-state index contributed by atoms with van der Waals surface area (Å²) in [6.07, 6.45) is 0. The number of halogens is 1. The lowest BCUT2D eigenvalue weighted by Gasteiger charge is -2.28. The van der Waals surface area contributed by atoms with Crippen LogP contribution in [0.3, 0.4) is 0 Å². The third kappa shape index (κ3) is 1.97. The van der Waals surface area contributed by atoms with E-state index in [9.17, 15) is 0 Å². The van der Waals surface area contributed by atoms with E-state index in [1.807, 2.05) is 0 Å². The van der Waals surface area contributed by atoms with Crippen molar-refractivity contribution in [3.63, 3.8) is 0 Å². The molecule has 0 radical (unpaired) electrons. The van der Waals surface area contributed by atoms with Gasteiger partial charge in [0.05, 0.1) is 5.69 Å². The van der Waals surface area contributed by atoms with Gasteiger partial charge in [-0.2, -0.15) is 0 Å². The first-order chi connectivity index (χ1) is 6.89. The molecule has 84 valence electrons. The van der Waals surface area contributed by atoms with Crippen molar-refractivity contribution in [2.75, 3.05) is 13.6 Å². The fourth-order valence-corrected chi connectivity index (χ4v) is 2.53. The van der Waals surface area contributed by atoms with Crippen LogP contribution >= 0.6 is 15.9 Å². The van der Waals surface area contributed by atoms with Crippen LogP contribution in [0.1, 0.15) is 32.3 Å². The Morgan fingerprint density at radius 1 is 1.27 bits per heavy atom. The van der Waals surface area contributed by atoms with Gasteiger partial charge in [0.15, 0.2) is 0 Å². The zero-order valence-electron chi connectivity index (χ0n) is 9.84. The van der Waals surface area contributed by atoms with Crippen molar-refractivity contribution in [2.24, 2.45) is 0 Å². The molecule has 0 aromatic carbocycles. The second kappa shape index (κ2) is 3.59. The predicted octanol–water partition coefficient (Wildman–Crippen LogP) is 2.39. The van der Waals surface area contributed by atoms with Gasteiger partial charge < -0.3 is 4.57 Å². The summed E-state index contributed by atoms with van der Waals surface area (Å²) in [5.74, 6) is 1.19. The summed E-state index contributed by atoms with van der Waals surface area (Å²) in [7, 11) is 2.15. The van der Waals surface area contributed by atoms with Crippen LogP contribution in [0.25, 0.3) is 0 Å². The Morgan fingerprint density at radius 3 is 2.53 bits per heavy atom. The molecule has 0 saturated carbocycles. The zero-order valence-corrected chi connectivity index (χ0v) is 11.4. The molecule has 1 aliphatic heterocycles. The van der Waals surface area contributed by atoms with Crippen molar-refractivity contribution in [1.29, 1.82) is 0 Å². The number of nitrogens with zero attached hydrogens (tertiary/aromatic N) is 3. The monoisotopic (exact) mass is 271 g/mol. The maximum absolute atomic E-state index is 4.65. The van der Waals surface area contributed by atoms with E-state index < -0.39 is 0 Å². The van der Waals surface area contributed by atoms with Crippen molar-refractivity contribution >= 4 is 15.9 Å². The third-order valence-electron chi connectivity index (χ3n) is 2.82. The molecule has 0 aliphatic carbocycles. The van der Waals surface area contributed by atoms with E-state index in [0.29, 0.717) is 0 Å². The van der Waals surface area contributed by atoms with Gasteiger partial charge in [-0.3, -0.25) is 4.90 Å². The van der Waals surface area contributed by atoms with E-state index in [-0.39, 0.29) is 5.41 Å². The van der Waals surface area contributed by atoms with Gasteiger partial charge in [-0.15, -0.1) is 0 Å². The fourth-order valence-electron chi connectivity index (χ4n) is 2.03.